The second-order valence-electron chi connectivity index (χ2n) is 5.55. The molecule has 1 amide bonds. The number of nitrogens with one attached hydrogen (secondary N) is 2. The van der Waals surface area contributed by atoms with Crippen LogP contribution in [0.3, 0.4) is 0 Å². The Labute approximate surface area is 142 Å². The Kier molecular flexibility index (Phi) is 4.61. The number of hydrogen-bond donors (Lipinski definition) is 4. The zero-order chi connectivity index (χ0) is 18.1. The highest BCUT2D eigenvalue weighted by Gasteiger charge is 2.47. The van der Waals surface area contributed by atoms with Crippen molar-refractivity contribution in [3.8, 4) is 0 Å². The smallest absolute Gasteiger partial charge is 0.252 e. The highest BCUT2D eigenvalue weighted by atomic mass is 16.6. The molecule has 4 atom stereocenters. The van der Waals surface area contributed by atoms with E-state index in [0.29, 0.717) is 23.4 Å². The maximum atomic E-state index is 12.0. The monoisotopic (exact) mass is 349 g/mol. The molecule has 0 aromatic carbocycles. The fraction of sp³-hybridized carbons (Fsp3) is 0.500. The number of carbonyl (C=O) groups is 1. The van der Waals surface area contributed by atoms with Gasteiger partial charge in [-0.25, -0.2) is 15.4 Å². The predicted molar refractivity (Wildman–Crippen MR) is 87.8 cm³/mol. The van der Waals surface area contributed by atoms with E-state index in [1.165, 1.54) is 10.9 Å². The summed E-state index contributed by atoms with van der Waals surface area (Å²) in [5, 5.41) is 26.6. The van der Waals surface area contributed by atoms with Crippen molar-refractivity contribution in [1.29, 1.82) is 0 Å². The lowest BCUT2D eigenvalue weighted by atomic mass is 10.1. The fourth-order valence-electron chi connectivity index (χ4n) is 2.75. The molecule has 3 rings (SSSR count). The van der Waals surface area contributed by atoms with Crippen LogP contribution in [0.2, 0.25) is 0 Å². The van der Waals surface area contributed by atoms with Crippen molar-refractivity contribution >= 4 is 29.7 Å². The summed E-state index contributed by atoms with van der Waals surface area (Å²) >= 11 is 0. The van der Waals surface area contributed by atoms with Crippen molar-refractivity contribution in [2.45, 2.75) is 38.4 Å². The Morgan fingerprint density at radius 3 is 2.88 bits per heavy atom. The molecule has 2 aromatic heterocycles. The molecule has 0 radical (unpaired) electrons. The van der Waals surface area contributed by atoms with Gasteiger partial charge in [-0.2, -0.15) is 10.1 Å². The number of ether oxygens (including phenoxy) is 1. The van der Waals surface area contributed by atoms with E-state index in [1.54, 1.807) is 13.8 Å². The van der Waals surface area contributed by atoms with E-state index in [-0.39, 0.29) is 5.95 Å². The standard InChI is InChI=1S/C14H19N7O4/c1-4-16-12(24)10-8(22)9(23)13(25-10)21-5-17-7-6(2)18-14(20-15-3)19-11(7)21/h5,8-10,13,22-23H,3-4H2,1-2H3,(H,16,24)(H,18,19,20)/t8-,9+,10-,13+/m0/s1. The zero-order valence-corrected chi connectivity index (χ0v) is 13.7. The number of aliphatic hydroxyl groups is 2. The Hall–Kier alpha value is -2.63. The number of imidazole rings is 1. The van der Waals surface area contributed by atoms with Gasteiger partial charge in [-0.3, -0.25) is 9.36 Å². The number of anilines is 1. The van der Waals surface area contributed by atoms with Gasteiger partial charge < -0.3 is 20.3 Å². The molecule has 0 spiro atoms. The first-order valence-corrected chi connectivity index (χ1v) is 7.70. The molecule has 1 fully saturated rings. The summed E-state index contributed by atoms with van der Waals surface area (Å²) in [5.41, 5.74) is 4.00. The molecular weight excluding hydrogens is 330 g/mol. The average Bonchev–Trinajstić information content (AvgIpc) is 3.11. The van der Waals surface area contributed by atoms with Crippen molar-refractivity contribution in [3.05, 3.63) is 12.0 Å². The Morgan fingerprint density at radius 2 is 2.20 bits per heavy atom. The third kappa shape index (κ3) is 2.92. The van der Waals surface area contributed by atoms with Crippen molar-refractivity contribution in [1.82, 2.24) is 24.8 Å². The van der Waals surface area contributed by atoms with Crippen molar-refractivity contribution < 1.29 is 19.7 Å². The molecule has 1 saturated heterocycles. The lowest BCUT2D eigenvalue weighted by molar-refractivity contribution is -0.137. The normalized spacial score (nSPS) is 25.9. The van der Waals surface area contributed by atoms with E-state index in [0.717, 1.165) is 0 Å². The van der Waals surface area contributed by atoms with Crippen LogP contribution >= 0.6 is 0 Å². The van der Waals surface area contributed by atoms with E-state index < -0.39 is 30.4 Å². The molecule has 134 valence electrons. The van der Waals surface area contributed by atoms with E-state index >= 15 is 0 Å². The van der Waals surface area contributed by atoms with Crippen LogP contribution in [-0.2, 0) is 9.53 Å². The number of aryl methyl sites for hydroxylation is 1. The van der Waals surface area contributed by atoms with Gasteiger partial charge in [0.25, 0.3) is 5.91 Å². The number of hydrogen-bond acceptors (Lipinski definition) is 9. The molecule has 1 aliphatic rings. The van der Waals surface area contributed by atoms with E-state index in [4.69, 9.17) is 4.74 Å². The van der Waals surface area contributed by atoms with Crippen LogP contribution < -0.4 is 10.7 Å². The van der Waals surface area contributed by atoms with E-state index in [1.807, 2.05) is 0 Å². The van der Waals surface area contributed by atoms with Crippen LogP contribution in [0, 0.1) is 6.92 Å². The molecule has 1 aliphatic heterocycles. The fourth-order valence-corrected chi connectivity index (χ4v) is 2.75. The van der Waals surface area contributed by atoms with Gasteiger partial charge in [-0.1, -0.05) is 0 Å². The highest BCUT2D eigenvalue weighted by Crippen LogP contribution is 2.32. The van der Waals surface area contributed by atoms with Crippen LogP contribution in [-0.4, -0.2) is 67.2 Å². The lowest BCUT2D eigenvalue weighted by Gasteiger charge is -2.16. The first kappa shape index (κ1) is 17.2. The second-order valence-corrected chi connectivity index (χ2v) is 5.55. The molecule has 0 aliphatic carbocycles. The molecule has 11 heteroatoms. The molecule has 0 unspecified atom stereocenters. The summed E-state index contributed by atoms with van der Waals surface area (Å²) in [4.78, 5) is 24.7. The van der Waals surface area contributed by atoms with Gasteiger partial charge >= 0.3 is 0 Å². The number of rotatable bonds is 5. The van der Waals surface area contributed by atoms with Gasteiger partial charge in [0.2, 0.25) is 5.95 Å². The number of aliphatic hydroxyl groups excluding tert-OH is 2. The number of hydrazone groups is 1. The summed E-state index contributed by atoms with van der Waals surface area (Å²) in [5.74, 6) is -0.292. The van der Waals surface area contributed by atoms with Gasteiger partial charge in [0, 0.05) is 13.3 Å². The van der Waals surface area contributed by atoms with Gasteiger partial charge in [0.15, 0.2) is 18.0 Å². The Balaban J connectivity index is 1.98. The predicted octanol–water partition coefficient (Wildman–Crippen LogP) is -1.08. The van der Waals surface area contributed by atoms with Gasteiger partial charge in [0.05, 0.1) is 12.0 Å². The van der Waals surface area contributed by atoms with Gasteiger partial charge in [0.1, 0.15) is 17.7 Å². The number of aromatic nitrogens is 4. The zero-order valence-electron chi connectivity index (χ0n) is 13.7. The van der Waals surface area contributed by atoms with E-state index in [9.17, 15) is 15.0 Å². The summed E-state index contributed by atoms with van der Waals surface area (Å²) in [6, 6.07) is 0. The molecule has 3 heterocycles. The van der Waals surface area contributed by atoms with Crippen LogP contribution in [0.5, 0.6) is 0 Å². The minimum atomic E-state index is -1.37. The van der Waals surface area contributed by atoms with Gasteiger partial charge in [-0.15, -0.1) is 0 Å². The minimum Gasteiger partial charge on any atom is -0.387 e. The van der Waals surface area contributed by atoms with Crippen LogP contribution in [0.4, 0.5) is 5.95 Å². The molecule has 11 nitrogen and oxygen atoms in total. The molecule has 4 N–H and O–H groups in total. The number of nitrogens with zero attached hydrogens (tertiary/aromatic N) is 5. The summed E-state index contributed by atoms with van der Waals surface area (Å²) in [6.45, 7) is 7.19. The first-order chi connectivity index (χ1) is 12.0. The molecular formula is C14H19N7O4. The first-order valence-electron chi connectivity index (χ1n) is 7.70. The lowest BCUT2D eigenvalue weighted by Crippen LogP contribution is -2.42. The summed E-state index contributed by atoms with van der Waals surface area (Å²) < 4.78 is 7.04. The number of likely N-dealkylation sites (N-methyl/N-ethyl adjacent to an activating group) is 1. The molecule has 2 aromatic rings. The number of carbonyl (C=O) groups excluding carboxylic acids is 1. The maximum absolute atomic E-state index is 12.0. The third-order valence-corrected chi connectivity index (χ3v) is 3.90. The van der Waals surface area contributed by atoms with Gasteiger partial charge in [-0.05, 0) is 13.8 Å². The van der Waals surface area contributed by atoms with Crippen molar-refractivity contribution in [3.63, 3.8) is 0 Å². The highest BCUT2D eigenvalue weighted by molar-refractivity contribution is 5.82. The van der Waals surface area contributed by atoms with Crippen LogP contribution in [0.1, 0.15) is 18.8 Å². The van der Waals surface area contributed by atoms with Crippen LogP contribution in [0.25, 0.3) is 11.2 Å². The molecule has 0 bridgehead atoms. The molecule has 0 saturated carbocycles. The topological polar surface area (TPSA) is 147 Å². The molecule has 25 heavy (non-hydrogen) atoms. The van der Waals surface area contributed by atoms with Crippen LogP contribution in [0.15, 0.2) is 11.4 Å². The minimum absolute atomic E-state index is 0.204. The average molecular weight is 349 g/mol. The second kappa shape index (κ2) is 6.70. The number of amides is 1. The summed E-state index contributed by atoms with van der Waals surface area (Å²) in [6.07, 6.45) is -3.49. The SMILES string of the molecule is C=NNc1nc(C)c2ncn([C@@H]3O[C@H](C(=O)NCC)[C@@H](O)[C@H]3O)c2n1. The Morgan fingerprint density at radius 1 is 1.44 bits per heavy atom. The van der Waals surface area contributed by atoms with Crippen molar-refractivity contribution in [2.75, 3.05) is 12.0 Å². The Bertz CT molecular complexity index is 808. The van der Waals surface area contributed by atoms with E-state index in [2.05, 4.69) is 37.5 Å². The third-order valence-electron chi connectivity index (χ3n) is 3.90. The maximum Gasteiger partial charge on any atom is 0.252 e. The summed E-state index contributed by atoms with van der Waals surface area (Å²) in [7, 11) is 0. The van der Waals surface area contributed by atoms with Crippen molar-refractivity contribution in [2.24, 2.45) is 5.10 Å². The number of fused-ring (bicyclic) bond motifs is 1. The largest absolute Gasteiger partial charge is 0.387 e. The quantitative estimate of drug-likeness (QED) is 0.394.